The van der Waals surface area contributed by atoms with Crippen molar-refractivity contribution in [2.24, 2.45) is 0 Å². The summed E-state index contributed by atoms with van der Waals surface area (Å²) in [5, 5.41) is 8.42. The second-order valence-corrected chi connectivity index (χ2v) is 3.11. The van der Waals surface area contributed by atoms with Crippen molar-refractivity contribution < 1.29 is 24.1 Å². The van der Waals surface area contributed by atoms with E-state index in [4.69, 9.17) is 24.1 Å². The van der Waals surface area contributed by atoms with Crippen LogP contribution >= 0.6 is 0 Å². The first-order valence-corrected chi connectivity index (χ1v) is 5.39. The lowest BCUT2D eigenvalue weighted by Crippen LogP contribution is -2.12. The summed E-state index contributed by atoms with van der Waals surface area (Å²) in [4.78, 5) is 0. The second-order valence-electron chi connectivity index (χ2n) is 3.11. The molecule has 0 aliphatic rings. The molecule has 0 rings (SSSR count). The third-order valence-electron chi connectivity index (χ3n) is 1.56. The Bertz CT molecular complexity index is 160. The average molecular weight is 234 g/mol. The fraction of sp³-hybridized carbons (Fsp3) is 0.818. The predicted molar refractivity (Wildman–Crippen MR) is 60.3 cm³/mol. The summed E-state index contributed by atoms with van der Waals surface area (Å²) in [5.74, 6) is 0.695. The maximum Gasteiger partial charge on any atom is 0.111 e. The van der Waals surface area contributed by atoms with E-state index in [1.54, 1.807) is 6.92 Å². The Morgan fingerprint density at radius 2 is 1.31 bits per heavy atom. The molecule has 0 aromatic heterocycles. The van der Waals surface area contributed by atoms with E-state index >= 15 is 0 Å². The molecule has 0 radical (unpaired) electrons. The van der Waals surface area contributed by atoms with Gasteiger partial charge in [-0.25, -0.2) is 0 Å². The smallest absolute Gasteiger partial charge is 0.111 e. The lowest BCUT2D eigenvalue weighted by molar-refractivity contribution is 0.000105. The van der Waals surface area contributed by atoms with Crippen LogP contribution in [0.25, 0.3) is 0 Å². The van der Waals surface area contributed by atoms with E-state index in [1.807, 2.05) is 0 Å². The molecule has 0 amide bonds. The third-order valence-corrected chi connectivity index (χ3v) is 1.56. The number of aliphatic hydroxyl groups excluding tert-OH is 1. The monoisotopic (exact) mass is 234 g/mol. The quantitative estimate of drug-likeness (QED) is 0.395. The summed E-state index contributed by atoms with van der Waals surface area (Å²) in [6.45, 7) is 8.97. The van der Waals surface area contributed by atoms with Crippen molar-refractivity contribution in [2.75, 3.05) is 52.9 Å². The molecule has 1 N–H and O–H groups in total. The van der Waals surface area contributed by atoms with E-state index in [0.717, 1.165) is 0 Å². The van der Waals surface area contributed by atoms with Crippen LogP contribution in [-0.2, 0) is 18.9 Å². The Hall–Kier alpha value is -0.620. The lowest BCUT2D eigenvalue weighted by atomic mass is 10.6. The van der Waals surface area contributed by atoms with Gasteiger partial charge in [-0.05, 0) is 6.92 Å². The fourth-order valence-electron chi connectivity index (χ4n) is 0.881. The van der Waals surface area contributed by atoms with Gasteiger partial charge >= 0.3 is 0 Å². The molecule has 0 unspecified atom stereocenters. The summed E-state index contributed by atoms with van der Waals surface area (Å²) in [6.07, 6.45) is 0. The van der Waals surface area contributed by atoms with Crippen molar-refractivity contribution in [3.05, 3.63) is 12.3 Å². The molecule has 0 spiro atoms. The van der Waals surface area contributed by atoms with Gasteiger partial charge in [-0.15, -0.1) is 0 Å². The summed E-state index contributed by atoms with van der Waals surface area (Å²) >= 11 is 0. The number of aliphatic hydroxyl groups is 1. The van der Waals surface area contributed by atoms with Gasteiger partial charge in [0.2, 0.25) is 0 Å². The van der Waals surface area contributed by atoms with E-state index in [2.05, 4.69) is 6.58 Å². The van der Waals surface area contributed by atoms with Crippen LogP contribution in [0.1, 0.15) is 6.92 Å². The molecule has 0 aromatic rings. The Balaban J connectivity index is 2.90. The molecule has 16 heavy (non-hydrogen) atoms. The van der Waals surface area contributed by atoms with Gasteiger partial charge in [-0.3, -0.25) is 0 Å². The van der Waals surface area contributed by atoms with Crippen molar-refractivity contribution in [1.29, 1.82) is 0 Å². The molecule has 5 heteroatoms. The van der Waals surface area contributed by atoms with Crippen LogP contribution in [-0.4, -0.2) is 58.0 Å². The van der Waals surface area contributed by atoms with E-state index in [-0.39, 0.29) is 6.61 Å². The minimum absolute atomic E-state index is 0.0475. The molecule has 0 fully saturated rings. The minimum atomic E-state index is 0.0475. The molecule has 0 saturated heterocycles. The van der Waals surface area contributed by atoms with E-state index in [0.29, 0.717) is 52.0 Å². The van der Waals surface area contributed by atoms with Crippen LogP contribution < -0.4 is 0 Å². The molecule has 0 heterocycles. The lowest BCUT2D eigenvalue weighted by Gasteiger charge is -2.07. The van der Waals surface area contributed by atoms with Crippen molar-refractivity contribution in [3.63, 3.8) is 0 Å². The SMILES string of the molecule is C=C(C)OCCOCCOCCOCCO. The highest BCUT2D eigenvalue weighted by molar-refractivity contribution is 4.72. The van der Waals surface area contributed by atoms with Crippen molar-refractivity contribution >= 4 is 0 Å². The number of rotatable bonds is 12. The standard InChI is InChI=1S/C11H22O5/c1-11(2)16-10-9-15-8-7-14-6-5-13-4-3-12/h12H,1,3-10H2,2H3. The van der Waals surface area contributed by atoms with Crippen LogP contribution in [0.3, 0.4) is 0 Å². The van der Waals surface area contributed by atoms with Gasteiger partial charge in [0, 0.05) is 0 Å². The van der Waals surface area contributed by atoms with Crippen molar-refractivity contribution in [3.8, 4) is 0 Å². The number of allylic oxidation sites excluding steroid dienone is 1. The van der Waals surface area contributed by atoms with Gasteiger partial charge in [0.25, 0.3) is 0 Å². The molecule has 0 aliphatic heterocycles. The van der Waals surface area contributed by atoms with Gasteiger partial charge < -0.3 is 24.1 Å². The van der Waals surface area contributed by atoms with Crippen LogP contribution in [0.4, 0.5) is 0 Å². The first-order valence-electron chi connectivity index (χ1n) is 5.39. The molecule has 5 nitrogen and oxygen atoms in total. The zero-order valence-corrected chi connectivity index (χ0v) is 9.94. The maximum atomic E-state index is 8.42. The fourth-order valence-corrected chi connectivity index (χ4v) is 0.881. The highest BCUT2D eigenvalue weighted by Gasteiger charge is 1.91. The predicted octanol–water partition coefficient (Wildman–Crippen LogP) is 0.579. The Morgan fingerprint density at radius 1 is 0.875 bits per heavy atom. The van der Waals surface area contributed by atoms with E-state index in [9.17, 15) is 0 Å². The normalized spacial score (nSPS) is 10.4. The Kier molecular flexibility index (Phi) is 12.0. The highest BCUT2D eigenvalue weighted by atomic mass is 16.6. The number of hydrogen-bond acceptors (Lipinski definition) is 5. The van der Waals surface area contributed by atoms with Gasteiger partial charge in [0.15, 0.2) is 0 Å². The first kappa shape index (κ1) is 15.4. The van der Waals surface area contributed by atoms with Crippen LogP contribution in [0.2, 0.25) is 0 Å². The van der Waals surface area contributed by atoms with Crippen molar-refractivity contribution in [2.45, 2.75) is 6.92 Å². The molecule has 0 aromatic carbocycles. The van der Waals surface area contributed by atoms with Crippen LogP contribution in [0.5, 0.6) is 0 Å². The molecule has 0 atom stereocenters. The first-order chi connectivity index (χ1) is 7.77. The second kappa shape index (κ2) is 12.4. The summed E-state index contributed by atoms with van der Waals surface area (Å²) in [6, 6.07) is 0. The van der Waals surface area contributed by atoms with Gasteiger partial charge in [0.1, 0.15) is 6.61 Å². The van der Waals surface area contributed by atoms with Gasteiger partial charge in [-0.1, -0.05) is 6.58 Å². The maximum absolute atomic E-state index is 8.42. The Labute approximate surface area is 96.9 Å². The molecular weight excluding hydrogens is 212 g/mol. The molecule has 0 bridgehead atoms. The molecule has 0 aliphatic carbocycles. The number of ether oxygens (including phenoxy) is 4. The minimum Gasteiger partial charge on any atom is -0.496 e. The van der Waals surface area contributed by atoms with Gasteiger partial charge in [-0.2, -0.15) is 0 Å². The molecule has 0 saturated carbocycles. The molecular formula is C11H22O5. The topological polar surface area (TPSA) is 57.2 Å². The van der Waals surface area contributed by atoms with E-state index < -0.39 is 0 Å². The van der Waals surface area contributed by atoms with Crippen LogP contribution in [0.15, 0.2) is 12.3 Å². The summed E-state index contributed by atoms with van der Waals surface area (Å²) in [5.41, 5.74) is 0. The summed E-state index contributed by atoms with van der Waals surface area (Å²) < 4.78 is 20.6. The third kappa shape index (κ3) is 13.4. The Morgan fingerprint density at radius 3 is 1.75 bits per heavy atom. The largest absolute Gasteiger partial charge is 0.496 e. The van der Waals surface area contributed by atoms with Gasteiger partial charge in [0.05, 0.1) is 52.0 Å². The van der Waals surface area contributed by atoms with E-state index in [1.165, 1.54) is 0 Å². The number of hydrogen-bond donors (Lipinski definition) is 1. The summed E-state index contributed by atoms with van der Waals surface area (Å²) in [7, 11) is 0. The zero-order valence-electron chi connectivity index (χ0n) is 9.94. The average Bonchev–Trinajstić information content (AvgIpc) is 2.25. The zero-order chi connectivity index (χ0) is 12.1. The van der Waals surface area contributed by atoms with Crippen molar-refractivity contribution in [1.82, 2.24) is 0 Å². The molecule has 96 valence electrons. The van der Waals surface area contributed by atoms with Crippen LogP contribution in [0, 0.1) is 0 Å². The highest BCUT2D eigenvalue weighted by Crippen LogP contribution is 1.89.